The van der Waals surface area contributed by atoms with E-state index in [9.17, 15) is 18.0 Å². The third-order valence-corrected chi connectivity index (χ3v) is 3.28. The Morgan fingerprint density at radius 1 is 1.30 bits per heavy atom. The molecule has 1 aliphatic rings. The highest BCUT2D eigenvalue weighted by Crippen LogP contribution is 2.23. The Bertz CT molecular complexity index is 531. The van der Waals surface area contributed by atoms with Crippen LogP contribution >= 0.6 is 11.6 Å². The highest BCUT2D eigenvalue weighted by Gasteiger charge is 2.31. The molecule has 1 saturated heterocycles. The fourth-order valence-corrected chi connectivity index (χ4v) is 2.47. The molecule has 2 amide bonds. The average molecular weight is 353 g/mol. The van der Waals surface area contributed by atoms with Gasteiger partial charge < -0.3 is 15.4 Å². The minimum atomic E-state index is -4.75. The molecule has 0 saturated carbocycles. The van der Waals surface area contributed by atoms with Crippen molar-refractivity contribution in [3.8, 4) is 5.75 Å². The van der Waals surface area contributed by atoms with Crippen LogP contribution < -0.4 is 26.0 Å². The van der Waals surface area contributed by atoms with Crippen molar-refractivity contribution < 1.29 is 22.7 Å². The molecule has 128 valence electrons. The highest BCUT2D eigenvalue weighted by atomic mass is 35.5. The summed E-state index contributed by atoms with van der Waals surface area (Å²) in [6, 6.07) is 4.42. The van der Waals surface area contributed by atoms with Crippen LogP contribution in [0.4, 0.5) is 23.7 Å². The zero-order valence-electron chi connectivity index (χ0n) is 12.1. The van der Waals surface area contributed by atoms with Crippen molar-refractivity contribution in [3.05, 3.63) is 24.3 Å². The molecule has 1 aromatic carbocycles. The molecule has 6 nitrogen and oxygen atoms in total. The summed E-state index contributed by atoms with van der Waals surface area (Å²) in [5, 5.41) is 11.1. The number of benzene rings is 1. The van der Waals surface area contributed by atoms with Gasteiger partial charge in [-0.2, -0.15) is 0 Å². The second-order valence-electron chi connectivity index (χ2n) is 5.04. The van der Waals surface area contributed by atoms with Crippen molar-refractivity contribution in [1.29, 1.82) is 0 Å². The molecule has 2 rings (SSSR count). The second-order valence-corrected chi connectivity index (χ2v) is 5.57. The SMILES string of the molecule is CC1CC(Cl)NC(NC(=O)Nc2ccc(OC(F)(F)F)cc2)N1. The van der Waals surface area contributed by atoms with E-state index in [1.807, 2.05) is 6.92 Å². The van der Waals surface area contributed by atoms with Crippen LogP contribution in [0.15, 0.2) is 24.3 Å². The average Bonchev–Trinajstić information content (AvgIpc) is 2.38. The molecule has 0 aromatic heterocycles. The first-order valence-electron chi connectivity index (χ1n) is 6.81. The largest absolute Gasteiger partial charge is 0.573 e. The van der Waals surface area contributed by atoms with Gasteiger partial charge in [-0.1, -0.05) is 0 Å². The minimum Gasteiger partial charge on any atom is -0.406 e. The third-order valence-electron chi connectivity index (χ3n) is 2.98. The van der Waals surface area contributed by atoms with Crippen molar-refractivity contribution in [2.75, 3.05) is 5.32 Å². The van der Waals surface area contributed by atoms with Crippen LogP contribution in [0.2, 0.25) is 0 Å². The van der Waals surface area contributed by atoms with Gasteiger partial charge in [0.1, 0.15) is 12.0 Å². The number of rotatable bonds is 3. The predicted molar refractivity (Wildman–Crippen MR) is 79.1 cm³/mol. The summed E-state index contributed by atoms with van der Waals surface area (Å²) in [4.78, 5) is 11.9. The molecule has 0 radical (unpaired) electrons. The maximum atomic E-state index is 12.0. The van der Waals surface area contributed by atoms with Crippen molar-refractivity contribution in [3.63, 3.8) is 0 Å². The van der Waals surface area contributed by atoms with Crippen LogP contribution in [0.25, 0.3) is 0 Å². The van der Waals surface area contributed by atoms with E-state index in [-0.39, 0.29) is 17.3 Å². The monoisotopic (exact) mass is 352 g/mol. The summed E-state index contributed by atoms with van der Waals surface area (Å²) >= 11 is 5.99. The van der Waals surface area contributed by atoms with Crippen molar-refractivity contribution >= 4 is 23.3 Å². The Morgan fingerprint density at radius 3 is 2.52 bits per heavy atom. The van der Waals surface area contributed by atoms with Crippen LogP contribution in [0, 0.1) is 0 Å². The summed E-state index contributed by atoms with van der Waals surface area (Å²) in [6.07, 6.45) is -4.55. The fraction of sp³-hybridized carbons (Fsp3) is 0.462. The number of hydrogen-bond acceptors (Lipinski definition) is 4. The van der Waals surface area contributed by atoms with E-state index in [4.69, 9.17) is 11.6 Å². The number of urea groups is 1. The number of carbonyl (C=O) groups excluding carboxylic acids is 1. The molecule has 4 N–H and O–H groups in total. The quantitative estimate of drug-likeness (QED) is 0.498. The van der Waals surface area contributed by atoms with Gasteiger partial charge in [-0.05, 0) is 37.6 Å². The van der Waals surface area contributed by atoms with E-state index in [0.29, 0.717) is 12.1 Å². The van der Waals surface area contributed by atoms with E-state index < -0.39 is 18.7 Å². The van der Waals surface area contributed by atoms with Crippen molar-refractivity contribution in [1.82, 2.24) is 16.0 Å². The normalized spacial score (nSPS) is 24.8. The van der Waals surface area contributed by atoms with Crippen LogP contribution in [0.1, 0.15) is 13.3 Å². The highest BCUT2D eigenvalue weighted by molar-refractivity contribution is 6.20. The lowest BCUT2D eigenvalue weighted by atomic mass is 10.2. The first-order valence-corrected chi connectivity index (χ1v) is 7.24. The topological polar surface area (TPSA) is 74.4 Å². The van der Waals surface area contributed by atoms with Crippen LogP contribution in [-0.4, -0.2) is 30.2 Å². The number of halogens is 4. The minimum absolute atomic E-state index is 0.128. The van der Waals surface area contributed by atoms with Gasteiger partial charge in [-0.15, -0.1) is 24.8 Å². The number of anilines is 1. The Kier molecular flexibility index (Phi) is 5.55. The Morgan fingerprint density at radius 2 is 1.96 bits per heavy atom. The molecule has 23 heavy (non-hydrogen) atoms. The predicted octanol–water partition coefficient (Wildman–Crippen LogP) is 2.53. The van der Waals surface area contributed by atoms with E-state index in [1.54, 1.807) is 0 Å². The molecular weight excluding hydrogens is 337 g/mol. The van der Waals surface area contributed by atoms with Crippen molar-refractivity contribution in [2.45, 2.75) is 37.5 Å². The second kappa shape index (κ2) is 7.24. The molecule has 10 heteroatoms. The first-order chi connectivity index (χ1) is 10.7. The van der Waals surface area contributed by atoms with Gasteiger partial charge in [0.2, 0.25) is 0 Å². The smallest absolute Gasteiger partial charge is 0.406 e. The number of alkyl halides is 4. The van der Waals surface area contributed by atoms with Crippen LogP contribution in [-0.2, 0) is 0 Å². The fourth-order valence-electron chi connectivity index (χ4n) is 2.08. The third kappa shape index (κ3) is 6.12. The van der Waals surface area contributed by atoms with Gasteiger partial charge >= 0.3 is 12.4 Å². The van der Waals surface area contributed by atoms with E-state index >= 15 is 0 Å². The van der Waals surface area contributed by atoms with Gasteiger partial charge in [0.15, 0.2) is 0 Å². The Balaban J connectivity index is 1.85. The van der Waals surface area contributed by atoms with Gasteiger partial charge in [-0.25, -0.2) is 4.79 Å². The maximum absolute atomic E-state index is 12.0. The van der Waals surface area contributed by atoms with E-state index in [1.165, 1.54) is 12.1 Å². The molecule has 1 heterocycles. The lowest BCUT2D eigenvalue weighted by Crippen LogP contribution is -2.63. The number of nitrogens with one attached hydrogen (secondary N) is 4. The van der Waals surface area contributed by atoms with Crippen molar-refractivity contribution in [2.24, 2.45) is 0 Å². The zero-order chi connectivity index (χ0) is 17.0. The maximum Gasteiger partial charge on any atom is 0.573 e. The molecular formula is C13H16ClF3N4O2. The molecule has 0 aliphatic carbocycles. The Hall–Kier alpha value is -1.71. The number of carbonyl (C=O) groups is 1. The molecule has 0 spiro atoms. The molecule has 3 atom stereocenters. The molecule has 1 fully saturated rings. The molecule has 1 aliphatic heterocycles. The molecule has 0 bridgehead atoms. The van der Waals surface area contributed by atoms with Gasteiger partial charge in [0.25, 0.3) is 0 Å². The summed E-state index contributed by atoms with van der Waals surface area (Å²) in [7, 11) is 0. The van der Waals surface area contributed by atoms with Crippen LogP contribution in [0.3, 0.4) is 0 Å². The summed E-state index contributed by atoms with van der Waals surface area (Å²) in [5.74, 6) is -0.363. The summed E-state index contributed by atoms with van der Waals surface area (Å²) in [5.41, 5.74) is 0.0543. The summed E-state index contributed by atoms with van der Waals surface area (Å²) < 4.78 is 39.9. The van der Waals surface area contributed by atoms with E-state index in [0.717, 1.165) is 12.1 Å². The first kappa shape index (κ1) is 17.6. The van der Waals surface area contributed by atoms with Crippen LogP contribution in [0.5, 0.6) is 5.75 Å². The lowest BCUT2D eigenvalue weighted by Gasteiger charge is -2.33. The number of ether oxygens (including phenoxy) is 1. The molecule has 3 unspecified atom stereocenters. The Labute approximate surface area is 135 Å². The number of hydrogen-bond donors (Lipinski definition) is 4. The number of amides is 2. The summed E-state index contributed by atoms with van der Waals surface area (Å²) in [6.45, 7) is 1.93. The standard InChI is InChI=1S/C13H16ClF3N4O2/c1-7-6-10(14)20-11(18-7)21-12(22)19-8-2-4-9(5-3-8)23-13(15,16)17/h2-5,7,10-11,18,20H,6H2,1H3,(H2,19,21,22). The van der Waals surface area contributed by atoms with E-state index in [2.05, 4.69) is 26.0 Å². The van der Waals surface area contributed by atoms with Gasteiger partial charge in [0.05, 0.1) is 5.50 Å². The molecule has 1 aromatic rings. The van der Waals surface area contributed by atoms with Gasteiger partial charge in [-0.3, -0.25) is 10.6 Å². The van der Waals surface area contributed by atoms with Gasteiger partial charge in [0, 0.05) is 11.7 Å². The lowest BCUT2D eigenvalue weighted by molar-refractivity contribution is -0.274. The zero-order valence-corrected chi connectivity index (χ0v) is 12.8.